The number of hydrogen-bond acceptors (Lipinski definition) is 12. The highest BCUT2D eigenvalue weighted by Crippen LogP contribution is 2.42. The molecule has 0 aliphatic carbocycles. The van der Waals surface area contributed by atoms with Crippen LogP contribution in [0.25, 0.3) is 0 Å². The summed E-state index contributed by atoms with van der Waals surface area (Å²) in [6, 6.07) is 32.2. The van der Waals surface area contributed by atoms with Gasteiger partial charge < -0.3 is 36.4 Å². The zero-order valence-electron chi connectivity index (χ0n) is 30.2. The number of carboxylic acids is 1. The van der Waals surface area contributed by atoms with Gasteiger partial charge in [-0.3, -0.25) is 19.3 Å². The molecule has 3 atom stereocenters. The number of carbonyl (C=O) groups is 4. The Morgan fingerprint density at radius 1 is 0.982 bits per heavy atom. The Balaban J connectivity index is 1.10. The standard InChI is InChI=1S/C41H36N8O6S2/c42-29-17-10-20-48(22-29)21-25-23-56-38-33(37(52)49(38)34(25)39(53)54)45-36(51)32(47-55-31-18-19-43-35(31)50)30-24-57-40(44-30)46-41(26-11-4-1-5-12-26,27-13-6-2-7-14-27)28-15-8-3-9-16-28/h1-17,20,22,24,31,33,38H,18-19,21,23,42H2,(H3-,43,44,45,46,50,51,53,54)/b47-32-/t31-,33+,38-/m0/s1. The van der Waals surface area contributed by atoms with E-state index in [9.17, 15) is 24.3 Å². The third-order valence-corrected chi connectivity index (χ3v) is 12.0. The van der Waals surface area contributed by atoms with Crippen LogP contribution >= 0.6 is 23.1 Å². The van der Waals surface area contributed by atoms with Crippen LogP contribution in [-0.2, 0) is 36.1 Å². The molecule has 3 aromatic carbocycles. The van der Waals surface area contributed by atoms with E-state index in [4.69, 9.17) is 15.6 Å². The van der Waals surface area contributed by atoms with Crippen molar-refractivity contribution in [2.24, 2.45) is 5.16 Å². The number of anilines is 2. The smallest absolute Gasteiger partial charge is 0.276 e. The molecule has 5 N–H and O–H groups in total. The maximum absolute atomic E-state index is 14.2. The molecule has 8 rings (SSSR count). The first kappa shape index (κ1) is 37.4. The zero-order valence-corrected chi connectivity index (χ0v) is 31.9. The maximum atomic E-state index is 14.2. The van der Waals surface area contributed by atoms with Gasteiger partial charge in [0, 0.05) is 35.7 Å². The lowest BCUT2D eigenvalue weighted by Gasteiger charge is -2.50. The average Bonchev–Trinajstić information content (AvgIpc) is 3.88. The van der Waals surface area contributed by atoms with Crippen LogP contribution in [0.2, 0.25) is 0 Å². The number of β-lactam (4-membered cyclic amide) rings is 1. The summed E-state index contributed by atoms with van der Waals surface area (Å²) >= 11 is 2.56. The lowest BCUT2D eigenvalue weighted by atomic mass is 9.77. The fourth-order valence-corrected chi connectivity index (χ4v) is 9.32. The Morgan fingerprint density at radius 3 is 2.21 bits per heavy atom. The summed E-state index contributed by atoms with van der Waals surface area (Å²) in [6.45, 7) is 0.571. The minimum Gasteiger partial charge on any atom is -0.543 e. The van der Waals surface area contributed by atoms with E-state index >= 15 is 0 Å². The third-order valence-electron chi connectivity index (χ3n) is 9.93. The van der Waals surface area contributed by atoms with Crippen LogP contribution in [0.1, 0.15) is 28.8 Å². The molecule has 3 aliphatic rings. The molecule has 2 fully saturated rings. The van der Waals surface area contributed by atoms with E-state index < -0.39 is 40.8 Å². The van der Waals surface area contributed by atoms with E-state index in [2.05, 4.69) is 21.1 Å². The first-order chi connectivity index (χ1) is 27.7. The molecule has 57 heavy (non-hydrogen) atoms. The summed E-state index contributed by atoms with van der Waals surface area (Å²) in [5.74, 6) is -3.01. The quantitative estimate of drug-likeness (QED) is 0.0451. The number of amides is 3. The topological polar surface area (TPSA) is 195 Å². The Kier molecular flexibility index (Phi) is 10.4. The number of benzene rings is 3. The van der Waals surface area contributed by atoms with Crippen molar-refractivity contribution in [3.63, 3.8) is 0 Å². The number of oxime groups is 1. The number of nitrogens with two attached hydrogens (primary N) is 1. The number of pyridine rings is 1. The van der Waals surface area contributed by atoms with E-state index in [0.29, 0.717) is 29.4 Å². The minimum atomic E-state index is -1.50. The summed E-state index contributed by atoms with van der Waals surface area (Å²) in [7, 11) is 0. The summed E-state index contributed by atoms with van der Waals surface area (Å²) in [5.41, 5.74) is 8.45. The molecule has 0 spiro atoms. The molecule has 5 heterocycles. The van der Waals surface area contributed by atoms with Gasteiger partial charge in [0.15, 0.2) is 29.8 Å². The molecular formula is C41H36N8O6S2. The molecule has 0 radical (unpaired) electrons. The largest absolute Gasteiger partial charge is 0.543 e. The van der Waals surface area contributed by atoms with Crippen molar-refractivity contribution in [3.05, 3.63) is 155 Å². The zero-order chi connectivity index (χ0) is 39.5. The van der Waals surface area contributed by atoms with Gasteiger partial charge in [0.05, 0.1) is 17.4 Å². The van der Waals surface area contributed by atoms with Crippen LogP contribution in [-0.4, -0.2) is 69.1 Å². The van der Waals surface area contributed by atoms with Crippen LogP contribution < -0.4 is 31.4 Å². The number of nitrogen functional groups attached to an aromatic ring is 1. The lowest BCUT2D eigenvalue weighted by Crippen LogP contribution is -2.71. The van der Waals surface area contributed by atoms with Crippen molar-refractivity contribution in [2.75, 3.05) is 23.3 Å². The van der Waals surface area contributed by atoms with Crippen molar-refractivity contribution < 1.29 is 33.7 Å². The van der Waals surface area contributed by atoms with Gasteiger partial charge in [0.25, 0.3) is 17.7 Å². The third kappa shape index (κ3) is 7.32. The molecular weight excluding hydrogens is 765 g/mol. The molecule has 14 nitrogen and oxygen atoms in total. The van der Waals surface area contributed by atoms with Crippen LogP contribution in [0.3, 0.4) is 0 Å². The first-order valence-electron chi connectivity index (χ1n) is 18.1. The van der Waals surface area contributed by atoms with Crippen LogP contribution in [0.15, 0.2) is 137 Å². The summed E-state index contributed by atoms with van der Waals surface area (Å²) in [5, 5.41) is 27.1. The van der Waals surface area contributed by atoms with Crippen molar-refractivity contribution in [1.82, 2.24) is 20.5 Å². The predicted molar refractivity (Wildman–Crippen MR) is 212 cm³/mol. The van der Waals surface area contributed by atoms with Crippen molar-refractivity contribution >= 4 is 63.3 Å². The number of aromatic nitrogens is 2. The van der Waals surface area contributed by atoms with E-state index in [-0.39, 0.29) is 35.3 Å². The Bertz CT molecular complexity index is 2300. The number of aliphatic carboxylic acids is 1. The van der Waals surface area contributed by atoms with Gasteiger partial charge in [0.2, 0.25) is 6.10 Å². The molecule has 2 aromatic heterocycles. The highest BCUT2D eigenvalue weighted by Gasteiger charge is 2.53. The molecule has 0 unspecified atom stereocenters. The van der Waals surface area contributed by atoms with Gasteiger partial charge >= 0.3 is 0 Å². The van der Waals surface area contributed by atoms with Crippen molar-refractivity contribution in [2.45, 2.75) is 36.0 Å². The Morgan fingerprint density at radius 2 is 1.63 bits per heavy atom. The van der Waals surface area contributed by atoms with Gasteiger partial charge in [0.1, 0.15) is 22.6 Å². The Labute approximate surface area is 335 Å². The highest BCUT2D eigenvalue weighted by atomic mass is 32.2. The van der Waals surface area contributed by atoms with E-state index in [1.54, 1.807) is 34.5 Å². The molecule has 2 saturated heterocycles. The van der Waals surface area contributed by atoms with E-state index in [0.717, 1.165) is 21.6 Å². The van der Waals surface area contributed by atoms with Crippen LogP contribution in [0, 0.1) is 0 Å². The molecule has 5 aromatic rings. The lowest BCUT2D eigenvalue weighted by molar-refractivity contribution is -0.688. The molecule has 0 saturated carbocycles. The second-order valence-electron chi connectivity index (χ2n) is 13.5. The van der Waals surface area contributed by atoms with Crippen LogP contribution in [0.5, 0.6) is 0 Å². The second-order valence-corrected chi connectivity index (χ2v) is 15.5. The van der Waals surface area contributed by atoms with Gasteiger partial charge in [-0.05, 0) is 22.8 Å². The SMILES string of the molecule is Nc1ccc[n+](CC2=C(C(=O)[O-])N3C(=O)[C@@H](NC(=O)/C(=N\O[C@H]4CCNC4=O)c4csc(NC(c5ccccc5)(c5ccccc5)c5ccccc5)n4)[C@@H]3SC2)c1. The number of fused-ring (bicyclic) bond motifs is 1. The fraction of sp³-hybridized carbons (Fsp3) is 0.195. The number of hydrogen-bond donors (Lipinski definition) is 4. The highest BCUT2D eigenvalue weighted by molar-refractivity contribution is 8.00. The molecule has 0 bridgehead atoms. The minimum absolute atomic E-state index is 0.137. The fourth-order valence-electron chi connectivity index (χ4n) is 7.24. The number of nitrogens with one attached hydrogen (secondary N) is 3. The summed E-state index contributed by atoms with van der Waals surface area (Å²) in [4.78, 5) is 64.2. The number of rotatable bonds is 13. The van der Waals surface area contributed by atoms with Gasteiger partial charge in [-0.1, -0.05) is 96.2 Å². The first-order valence-corrected chi connectivity index (χ1v) is 20.0. The number of carboxylic acid groups (broad SMARTS) is 1. The van der Waals surface area contributed by atoms with Gasteiger partial charge in [-0.2, -0.15) is 4.57 Å². The Hall–Kier alpha value is -6.52. The predicted octanol–water partition coefficient (Wildman–Crippen LogP) is 2.13. The van der Waals surface area contributed by atoms with Gasteiger partial charge in [-0.25, -0.2) is 4.98 Å². The molecule has 288 valence electrons. The average molecular weight is 801 g/mol. The number of nitrogens with zero attached hydrogens (tertiary/aromatic N) is 4. The molecule has 3 aliphatic heterocycles. The number of thioether (sulfide) groups is 1. The van der Waals surface area contributed by atoms with Crippen molar-refractivity contribution in [3.8, 4) is 0 Å². The summed E-state index contributed by atoms with van der Waals surface area (Å²) in [6.07, 6.45) is 2.84. The normalized spacial score (nSPS) is 19.3. The second kappa shape index (κ2) is 15.9. The molecule has 3 amide bonds. The summed E-state index contributed by atoms with van der Waals surface area (Å²) < 4.78 is 1.73. The van der Waals surface area contributed by atoms with Gasteiger partial charge in [-0.15, -0.1) is 23.1 Å². The van der Waals surface area contributed by atoms with E-state index in [1.807, 2.05) is 91.0 Å². The monoisotopic (exact) mass is 800 g/mol. The van der Waals surface area contributed by atoms with E-state index in [1.165, 1.54) is 23.1 Å². The number of carbonyl (C=O) groups excluding carboxylic acids is 4. The van der Waals surface area contributed by atoms with Crippen molar-refractivity contribution in [1.29, 1.82) is 0 Å². The maximum Gasteiger partial charge on any atom is 0.276 e. The molecule has 16 heteroatoms. The van der Waals surface area contributed by atoms with Crippen LogP contribution in [0.4, 0.5) is 10.8 Å². The number of thiazole rings is 1.